The van der Waals surface area contributed by atoms with Crippen LogP contribution in [0.1, 0.15) is 71.6 Å². The summed E-state index contributed by atoms with van der Waals surface area (Å²) in [5.74, 6) is 0.598. The molecule has 1 aliphatic rings. The van der Waals surface area contributed by atoms with Gasteiger partial charge in [-0.25, -0.2) is 0 Å². The second-order valence-electron chi connectivity index (χ2n) is 5.19. The van der Waals surface area contributed by atoms with Crippen LogP contribution < -0.4 is 0 Å². The molecule has 0 unspecified atom stereocenters. The van der Waals surface area contributed by atoms with Gasteiger partial charge in [0.1, 0.15) is 5.76 Å². The quantitative estimate of drug-likeness (QED) is 0.475. The summed E-state index contributed by atoms with van der Waals surface area (Å²) in [6, 6.07) is 0. The first-order chi connectivity index (χ1) is 9.63. The number of ether oxygens (including phenoxy) is 2. The van der Waals surface area contributed by atoms with Crippen molar-refractivity contribution < 1.29 is 19.1 Å². The molecular weight excluding hydrogens is 256 g/mol. The van der Waals surface area contributed by atoms with Crippen LogP contribution in [-0.2, 0) is 19.1 Å². The smallest absolute Gasteiger partial charge is 0.307 e. The van der Waals surface area contributed by atoms with E-state index in [0.717, 1.165) is 57.1 Å². The van der Waals surface area contributed by atoms with E-state index in [2.05, 4.69) is 0 Å². The lowest BCUT2D eigenvalue weighted by atomic mass is 10.0. The second-order valence-corrected chi connectivity index (χ2v) is 5.19. The lowest BCUT2D eigenvalue weighted by molar-refractivity contribution is -0.143. The van der Waals surface area contributed by atoms with Crippen molar-refractivity contribution in [3.8, 4) is 0 Å². The molecule has 0 saturated carbocycles. The molecule has 0 aliphatic heterocycles. The minimum atomic E-state index is -0.214. The first-order valence-electron chi connectivity index (χ1n) is 7.68. The van der Waals surface area contributed by atoms with Crippen LogP contribution in [0.15, 0.2) is 11.3 Å². The molecule has 114 valence electrons. The van der Waals surface area contributed by atoms with Gasteiger partial charge in [-0.05, 0) is 44.6 Å². The molecule has 1 aliphatic carbocycles. The van der Waals surface area contributed by atoms with E-state index >= 15 is 0 Å². The Morgan fingerprint density at radius 1 is 1.10 bits per heavy atom. The maximum absolute atomic E-state index is 11.2. The molecule has 0 amide bonds. The third kappa shape index (κ3) is 6.73. The van der Waals surface area contributed by atoms with Crippen LogP contribution in [0.3, 0.4) is 0 Å². The number of carbonyl (C=O) groups is 2. The maximum atomic E-state index is 11.2. The Hall–Kier alpha value is -1.32. The van der Waals surface area contributed by atoms with E-state index in [1.165, 1.54) is 12.5 Å². The van der Waals surface area contributed by atoms with Crippen molar-refractivity contribution in [2.45, 2.75) is 71.6 Å². The number of hydrogen-bond donors (Lipinski definition) is 0. The molecule has 0 N–H and O–H groups in total. The van der Waals surface area contributed by atoms with E-state index in [1.807, 2.05) is 6.92 Å². The lowest BCUT2D eigenvalue weighted by Crippen LogP contribution is -2.03. The van der Waals surface area contributed by atoms with Crippen molar-refractivity contribution in [3.05, 3.63) is 11.3 Å². The molecule has 4 heteroatoms. The fourth-order valence-corrected chi connectivity index (χ4v) is 2.53. The first kappa shape index (κ1) is 16.7. The second kappa shape index (κ2) is 9.56. The Morgan fingerprint density at radius 3 is 2.55 bits per heavy atom. The normalized spacial score (nSPS) is 14.5. The molecule has 0 aromatic heterocycles. The zero-order valence-corrected chi connectivity index (χ0v) is 12.7. The van der Waals surface area contributed by atoms with Gasteiger partial charge in [0.2, 0.25) is 0 Å². The molecule has 0 spiro atoms. The Kier molecular flexibility index (Phi) is 8.00. The molecule has 0 atom stereocenters. The number of carbonyl (C=O) groups excluding carboxylic acids is 2. The summed E-state index contributed by atoms with van der Waals surface area (Å²) in [5, 5.41) is 0. The standard InChI is InChI=1S/C16H26O4/c1-3-19-16(18)12-7-5-4-6-9-14-10-8-11-15(14)20-13(2)17/h3-12H2,1-2H3. The summed E-state index contributed by atoms with van der Waals surface area (Å²) in [4.78, 5) is 22.1. The van der Waals surface area contributed by atoms with Crippen LogP contribution in [-0.4, -0.2) is 18.5 Å². The summed E-state index contributed by atoms with van der Waals surface area (Å²) < 4.78 is 10.1. The summed E-state index contributed by atoms with van der Waals surface area (Å²) in [7, 11) is 0. The maximum Gasteiger partial charge on any atom is 0.307 e. The molecule has 0 fully saturated rings. The van der Waals surface area contributed by atoms with Gasteiger partial charge in [-0.1, -0.05) is 12.8 Å². The van der Waals surface area contributed by atoms with Crippen LogP contribution in [0.5, 0.6) is 0 Å². The Labute approximate surface area is 121 Å². The Morgan fingerprint density at radius 2 is 1.85 bits per heavy atom. The summed E-state index contributed by atoms with van der Waals surface area (Å²) in [5.41, 5.74) is 1.31. The highest BCUT2D eigenvalue weighted by Gasteiger charge is 2.16. The van der Waals surface area contributed by atoms with Crippen LogP contribution in [0.25, 0.3) is 0 Å². The third-order valence-corrected chi connectivity index (χ3v) is 3.46. The van der Waals surface area contributed by atoms with E-state index in [-0.39, 0.29) is 11.9 Å². The molecule has 0 aromatic carbocycles. The summed E-state index contributed by atoms with van der Waals surface area (Å²) in [6.45, 7) is 3.75. The van der Waals surface area contributed by atoms with E-state index in [9.17, 15) is 9.59 Å². The van der Waals surface area contributed by atoms with Crippen molar-refractivity contribution in [3.63, 3.8) is 0 Å². The van der Waals surface area contributed by atoms with Crippen molar-refractivity contribution >= 4 is 11.9 Å². The monoisotopic (exact) mass is 282 g/mol. The fourth-order valence-electron chi connectivity index (χ4n) is 2.53. The largest absolute Gasteiger partial charge is 0.466 e. The average molecular weight is 282 g/mol. The zero-order chi connectivity index (χ0) is 14.8. The Balaban J connectivity index is 2.11. The van der Waals surface area contributed by atoms with Gasteiger partial charge in [0.05, 0.1) is 6.61 Å². The van der Waals surface area contributed by atoms with E-state index in [0.29, 0.717) is 13.0 Å². The van der Waals surface area contributed by atoms with Gasteiger partial charge in [0.25, 0.3) is 0 Å². The van der Waals surface area contributed by atoms with Gasteiger partial charge in [-0.2, -0.15) is 0 Å². The van der Waals surface area contributed by atoms with Crippen LogP contribution in [0, 0.1) is 0 Å². The molecule has 4 nitrogen and oxygen atoms in total. The third-order valence-electron chi connectivity index (χ3n) is 3.46. The summed E-state index contributed by atoms with van der Waals surface area (Å²) in [6.07, 6.45) is 8.75. The van der Waals surface area contributed by atoms with Crippen molar-refractivity contribution in [2.24, 2.45) is 0 Å². The molecule has 1 rings (SSSR count). The first-order valence-corrected chi connectivity index (χ1v) is 7.68. The fraction of sp³-hybridized carbons (Fsp3) is 0.750. The van der Waals surface area contributed by atoms with Gasteiger partial charge in [0.15, 0.2) is 0 Å². The summed E-state index contributed by atoms with van der Waals surface area (Å²) >= 11 is 0. The average Bonchev–Trinajstić information content (AvgIpc) is 2.80. The SMILES string of the molecule is CCOC(=O)CCCCCCC1=C(OC(C)=O)CCC1. The van der Waals surface area contributed by atoms with E-state index < -0.39 is 0 Å². The zero-order valence-electron chi connectivity index (χ0n) is 12.7. The molecule has 0 bridgehead atoms. The Bertz CT molecular complexity index is 357. The molecular formula is C16H26O4. The molecule has 0 heterocycles. The number of esters is 2. The van der Waals surface area contributed by atoms with Crippen LogP contribution >= 0.6 is 0 Å². The highest BCUT2D eigenvalue weighted by atomic mass is 16.5. The minimum absolute atomic E-state index is 0.0943. The topological polar surface area (TPSA) is 52.6 Å². The number of rotatable bonds is 9. The van der Waals surface area contributed by atoms with Gasteiger partial charge < -0.3 is 9.47 Å². The van der Waals surface area contributed by atoms with Crippen molar-refractivity contribution in [1.29, 1.82) is 0 Å². The van der Waals surface area contributed by atoms with E-state index in [4.69, 9.17) is 9.47 Å². The van der Waals surface area contributed by atoms with Crippen LogP contribution in [0.4, 0.5) is 0 Å². The highest BCUT2D eigenvalue weighted by Crippen LogP contribution is 2.30. The molecule has 20 heavy (non-hydrogen) atoms. The van der Waals surface area contributed by atoms with Gasteiger partial charge in [0, 0.05) is 19.8 Å². The number of allylic oxidation sites excluding steroid dienone is 2. The van der Waals surface area contributed by atoms with E-state index in [1.54, 1.807) is 0 Å². The number of hydrogen-bond acceptors (Lipinski definition) is 4. The predicted molar refractivity (Wildman–Crippen MR) is 77.0 cm³/mol. The minimum Gasteiger partial charge on any atom is -0.466 e. The van der Waals surface area contributed by atoms with Crippen LogP contribution in [0.2, 0.25) is 0 Å². The van der Waals surface area contributed by atoms with Crippen molar-refractivity contribution in [2.75, 3.05) is 6.61 Å². The van der Waals surface area contributed by atoms with Gasteiger partial charge >= 0.3 is 11.9 Å². The van der Waals surface area contributed by atoms with Gasteiger partial charge in [-0.3, -0.25) is 9.59 Å². The molecule has 0 aromatic rings. The molecule has 0 saturated heterocycles. The highest BCUT2D eigenvalue weighted by molar-refractivity contribution is 5.69. The van der Waals surface area contributed by atoms with Crippen molar-refractivity contribution in [1.82, 2.24) is 0 Å². The molecule has 0 radical (unpaired) electrons. The number of unbranched alkanes of at least 4 members (excludes halogenated alkanes) is 3. The lowest BCUT2D eigenvalue weighted by Gasteiger charge is -2.07. The predicted octanol–water partition coefficient (Wildman–Crippen LogP) is 3.89. The van der Waals surface area contributed by atoms with Gasteiger partial charge in [-0.15, -0.1) is 0 Å².